The Kier molecular flexibility index (Phi) is 6.49. The van der Waals surface area contributed by atoms with E-state index in [1.807, 2.05) is 39.0 Å². The molecule has 3 rings (SSSR count). The van der Waals surface area contributed by atoms with Crippen LogP contribution in [0.5, 0.6) is 0 Å². The number of anilines is 2. The number of nitrogens with zero attached hydrogens (tertiary/aromatic N) is 3. The summed E-state index contributed by atoms with van der Waals surface area (Å²) in [5, 5.41) is 0.964. The Morgan fingerprint density at radius 1 is 1.25 bits per heavy atom. The molecular weight excluding hydrogens is 398 g/mol. The van der Waals surface area contributed by atoms with Gasteiger partial charge in [0.1, 0.15) is 22.1 Å². The summed E-state index contributed by atoms with van der Waals surface area (Å²) < 4.78 is 10.2. The van der Waals surface area contributed by atoms with Crippen LogP contribution in [0.4, 0.5) is 11.5 Å². The highest BCUT2D eigenvalue weighted by molar-refractivity contribution is 7.20. The average Bonchev–Trinajstić information content (AvgIpc) is 2.99. The molecule has 1 aromatic carbocycles. The van der Waals surface area contributed by atoms with Crippen molar-refractivity contribution in [3.8, 4) is 0 Å². The molecule has 28 heavy (non-hydrogen) atoms. The Morgan fingerprint density at radius 2 is 2.04 bits per heavy atom. The monoisotopic (exact) mass is 419 g/mol. The number of hydrogen-bond acceptors (Lipinski definition) is 7. The van der Waals surface area contributed by atoms with Crippen molar-refractivity contribution in [1.29, 1.82) is 0 Å². The molecule has 2 heterocycles. The van der Waals surface area contributed by atoms with Crippen molar-refractivity contribution >= 4 is 50.6 Å². The summed E-state index contributed by atoms with van der Waals surface area (Å²) in [6.07, 6.45) is 0. The van der Waals surface area contributed by atoms with Gasteiger partial charge in [-0.25, -0.2) is 9.78 Å². The van der Waals surface area contributed by atoms with E-state index >= 15 is 0 Å². The first kappa shape index (κ1) is 20.5. The molecule has 0 saturated heterocycles. The molecule has 2 aromatic heterocycles. The summed E-state index contributed by atoms with van der Waals surface area (Å²) in [6.45, 7) is 7.22. The molecule has 0 N–H and O–H groups in total. The normalized spacial score (nSPS) is 11.0. The summed E-state index contributed by atoms with van der Waals surface area (Å²) >= 11 is 7.48. The van der Waals surface area contributed by atoms with Crippen molar-refractivity contribution in [1.82, 2.24) is 9.97 Å². The van der Waals surface area contributed by atoms with Crippen LogP contribution in [0.1, 0.15) is 27.7 Å². The second kappa shape index (κ2) is 8.86. The Labute approximate surface area is 173 Å². The SMILES string of the molecule is CCN(c1cccc(C)c1)c1nc(Cl)nc2sc(C(=O)OCCOC)c(C)c12. The average molecular weight is 420 g/mol. The van der Waals surface area contributed by atoms with Crippen LogP contribution in [0.15, 0.2) is 24.3 Å². The number of methoxy groups -OCH3 is 1. The summed E-state index contributed by atoms with van der Waals surface area (Å²) in [4.78, 5) is 24.6. The second-order valence-electron chi connectivity index (χ2n) is 6.26. The number of rotatable bonds is 7. The van der Waals surface area contributed by atoms with Gasteiger partial charge in [-0.15, -0.1) is 11.3 Å². The maximum absolute atomic E-state index is 12.5. The zero-order chi connectivity index (χ0) is 20.3. The van der Waals surface area contributed by atoms with Gasteiger partial charge in [0.05, 0.1) is 12.0 Å². The van der Waals surface area contributed by atoms with E-state index in [1.165, 1.54) is 11.3 Å². The molecule has 148 valence electrons. The molecule has 0 bridgehead atoms. The Morgan fingerprint density at radius 3 is 2.71 bits per heavy atom. The fourth-order valence-corrected chi connectivity index (χ4v) is 4.30. The van der Waals surface area contributed by atoms with E-state index in [1.54, 1.807) is 7.11 Å². The molecule has 8 heteroatoms. The standard InChI is InChI=1S/C20H22ClN3O3S/c1-5-24(14-8-6-7-12(2)11-14)17-15-13(3)16(19(25)27-10-9-26-4)28-18(15)23-20(21)22-17/h6-8,11H,5,9-10H2,1-4H3. The number of aromatic nitrogens is 2. The predicted molar refractivity (Wildman–Crippen MR) is 113 cm³/mol. The second-order valence-corrected chi connectivity index (χ2v) is 7.60. The Hall–Kier alpha value is -2.22. The van der Waals surface area contributed by atoms with E-state index in [2.05, 4.69) is 20.9 Å². The van der Waals surface area contributed by atoms with Crippen molar-refractivity contribution in [2.75, 3.05) is 31.8 Å². The first-order valence-corrected chi connectivity index (χ1v) is 10.1. The third-order valence-corrected chi connectivity index (χ3v) is 5.67. The molecule has 0 radical (unpaired) electrons. The van der Waals surface area contributed by atoms with Crippen LogP contribution < -0.4 is 4.90 Å². The lowest BCUT2D eigenvalue weighted by molar-refractivity contribution is 0.0393. The molecular formula is C20H22ClN3O3S. The zero-order valence-electron chi connectivity index (χ0n) is 16.3. The van der Waals surface area contributed by atoms with Crippen LogP contribution in [0.2, 0.25) is 5.28 Å². The lowest BCUT2D eigenvalue weighted by Gasteiger charge is -2.23. The number of benzene rings is 1. The summed E-state index contributed by atoms with van der Waals surface area (Å²) in [7, 11) is 1.56. The molecule has 0 spiro atoms. The van der Waals surface area contributed by atoms with Gasteiger partial charge in [0.15, 0.2) is 0 Å². The number of hydrogen-bond donors (Lipinski definition) is 0. The molecule has 0 saturated carbocycles. The number of esters is 1. The zero-order valence-corrected chi connectivity index (χ0v) is 17.9. The van der Waals surface area contributed by atoms with Crippen LogP contribution >= 0.6 is 22.9 Å². The largest absolute Gasteiger partial charge is 0.459 e. The number of carbonyl (C=O) groups excluding carboxylic acids is 1. The molecule has 0 aliphatic carbocycles. The molecule has 0 aliphatic heterocycles. The van der Waals surface area contributed by atoms with E-state index in [0.717, 1.165) is 22.2 Å². The highest BCUT2D eigenvalue weighted by Gasteiger charge is 2.24. The van der Waals surface area contributed by atoms with Crippen molar-refractivity contribution in [3.63, 3.8) is 0 Å². The predicted octanol–water partition coefficient (Wildman–Crippen LogP) is 4.92. The van der Waals surface area contributed by atoms with Gasteiger partial charge in [-0.05, 0) is 55.6 Å². The van der Waals surface area contributed by atoms with Crippen LogP contribution in [0.25, 0.3) is 10.2 Å². The van der Waals surface area contributed by atoms with E-state index in [4.69, 9.17) is 21.1 Å². The van der Waals surface area contributed by atoms with E-state index in [9.17, 15) is 4.79 Å². The van der Waals surface area contributed by atoms with Gasteiger partial charge in [0, 0.05) is 19.3 Å². The van der Waals surface area contributed by atoms with Gasteiger partial charge in [0.2, 0.25) is 5.28 Å². The highest BCUT2D eigenvalue weighted by Crippen LogP contribution is 2.39. The number of aryl methyl sites for hydroxylation is 2. The van der Waals surface area contributed by atoms with Gasteiger partial charge in [0.25, 0.3) is 0 Å². The van der Waals surface area contributed by atoms with E-state index in [0.29, 0.717) is 28.7 Å². The molecule has 6 nitrogen and oxygen atoms in total. The molecule has 0 fully saturated rings. The fourth-order valence-electron chi connectivity index (χ4n) is 3.02. The minimum Gasteiger partial charge on any atom is -0.459 e. The topological polar surface area (TPSA) is 64.6 Å². The van der Waals surface area contributed by atoms with Crippen LogP contribution in [0.3, 0.4) is 0 Å². The van der Waals surface area contributed by atoms with Crippen molar-refractivity contribution in [2.45, 2.75) is 20.8 Å². The lowest BCUT2D eigenvalue weighted by atomic mass is 10.1. The van der Waals surface area contributed by atoms with E-state index in [-0.39, 0.29) is 11.9 Å². The van der Waals surface area contributed by atoms with Crippen molar-refractivity contribution < 1.29 is 14.3 Å². The van der Waals surface area contributed by atoms with Crippen molar-refractivity contribution in [2.24, 2.45) is 0 Å². The van der Waals surface area contributed by atoms with Gasteiger partial charge >= 0.3 is 5.97 Å². The number of halogens is 1. The first-order chi connectivity index (χ1) is 13.5. The molecule has 0 aliphatic rings. The fraction of sp³-hybridized carbons (Fsp3) is 0.350. The van der Waals surface area contributed by atoms with Gasteiger partial charge in [-0.3, -0.25) is 0 Å². The van der Waals surface area contributed by atoms with Crippen LogP contribution in [-0.2, 0) is 9.47 Å². The highest BCUT2D eigenvalue weighted by atomic mass is 35.5. The molecule has 0 unspecified atom stereocenters. The third kappa shape index (κ3) is 4.11. The van der Waals surface area contributed by atoms with Gasteiger partial charge < -0.3 is 14.4 Å². The third-order valence-electron chi connectivity index (χ3n) is 4.34. The van der Waals surface area contributed by atoms with Crippen LogP contribution in [0, 0.1) is 13.8 Å². The Bertz CT molecular complexity index is 1010. The summed E-state index contributed by atoms with van der Waals surface area (Å²) in [6, 6.07) is 8.17. The van der Waals surface area contributed by atoms with Crippen LogP contribution in [-0.4, -0.2) is 42.8 Å². The van der Waals surface area contributed by atoms with Gasteiger partial charge in [-0.1, -0.05) is 12.1 Å². The molecule has 0 amide bonds. The smallest absolute Gasteiger partial charge is 0.348 e. The lowest BCUT2D eigenvalue weighted by Crippen LogP contribution is -2.18. The van der Waals surface area contributed by atoms with Gasteiger partial charge in [-0.2, -0.15) is 4.98 Å². The van der Waals surface area contributed by atoms with Crippen molar-refractivity contribution in [3.05, 3.63) is 45.6 Å². The van der Waals surface area contributed by atoms with E-state index < -0.39 is 5.97 Å². The number of ether oxygens (including phenoxy) is 2. The number of thiophene rings is 1. The number of fused-ring (bicyclic) bond motifs is 1. The quantitative estimate of drug-likeness (QED) is 0.307. The number of carbonyl (C=O) groups is 1. The maximum atomic E-state index is 12.5. The molecule has 3 aromatic rings. The molecule has 0 atom stereocenters. The maximum Gasteiger partial charge on any atom is 0.348 e. The Balaban J connectivity index is 2.11. The minimum atomic E-state index is -0.391. The summed E-state index contributed by atoms with van der Waals surface area (Å²) in [5.74, 6) is 0.297. The first-order valence-electron chi connectivity index (χ1n) is 8.93. The minimum absolute atomic E-state index is 0.147. The summed E-state index contributed by atoms with van der Waals surface area (Å²) in [5.41, 5.74) is 2.95.